The molecule has 0 atom stereocenters. The highest BCUT2D eigenvalue weighted by molar-refractivity contribution is 8.18. The van der Waals surface area contributed by atoms with E-state index in [1.807, 2.05) is 6.07 Å². The molecule has 1 aliphatic heterocycles. The van der Waals surface area contributed by atoms with Crippen LogP contribution in [0.3, 0.4) is 0 Å². The average molecular weight is 420 g/mol. The molecule has 2 aromatic rings. The molecule has 0 aliphatic carbocycles. The SMILES string of the molecule is O=C(NCCN1C(=O)SC(=Cc2ccccc2)C1=O)c1ccccc1C(F)(F)F. The maximum absolute atomic E-state index is 13.0. The number of benzene rings is 2. The molecular weight excluding hydrogens is 405 g/mol. The largest absolute Gasteiger partial charge is 0.417 e. The van der Waals surface area contributed by atoms with E-state index in [0.29, 0.717) is 0 Å². The fourth-order valence-corrected chi connectivity index (χ4v) is 3.56. The number of nitrogens with one attached hydrogen (secondary N) is 1. The first-order valence-electron chi connectivity index (χ1n) is 8.52. The van der Waals surface area contributed by atoms with Crippen molar-refractivity contribution in [3.63, 3.8) is 0 Å². The van der Waals surface area contributed by atoms with Crippen molar-refractivity contribution in [3.05, 3.63) is 76.2 Å². The Morgan fingerprint density at radius 1 is 1.03 bits per heavy atom. The van der Waals surface area contributed by atoms with Crippen LogP contribution in [-0.2, 0) is 11.0 Å². The second kappa shape index (κ2) is 8.52. The third kappa shape index (κ3) is 4.86. The predicted molar refractivity (Wildman–Crippen MR) is 103 cm³/mol. The Balaban J connectivity index is 1.63. The molecule has 1 aliphatic rings. The summed E-state index contributed by atoms with van der Waals surface area (Å²) >= 11 is 0.775. The Morgan fingerprint density at radius 3 is 2.38 bits per heavy atom. The van der Waals surface area contributed by atoms with Gasteiger partial charge >= 0.3 is 6.18 Å². The average Bonchev–Trinajstić information content (AvgIpc) is 2.95. The number of halogens is 3. The van der Waals surface area contributed by atoms with Crippen LogP contribution in [0, 0.1) is 0 Å². The maximum Gasteiger partial charge on any atom is 0.417 e. The summed E-state index contributed by atoms with van der Waals surface area (Å²) in [5.74, 6) is -1.43. The molecule has 9 heteroatoms. The molecule has 0 unspecified atom stereocenters. The van der Waals surface area contributed by atoms with E-state index in [0.717, 1.165) is 34.4 Å². The number of imide groups is 1. The van der Waals surface area contributed by atoms with Crippen LogP contribution in [0.5, 0.6) is 0 Å². The topological polar surface area (TPSA) is 66.5 Å². The molecule has 0 bridgehead atoms. The Hall–Kier alpha value is -3.07. The second-order valence-corrected chi connectivity index (χ2v) is 7.04. The molecule has 5 nitrogen and oxygen atoms in total. The van der Waals surface area contributed by atoms with Gasteiger partial charge < -0.3 is 5.32 Å². The summed E-state index contributed by atoms with van der Waals surface area (Å²) in [6.07, 6.45) is -3.08. The fourth-order valence-electron chi connectivity index (χ4n) is 2.70. The Labute approximate surface area is 168 Å². The third-order valence-corrected chi connectivity index (χ3v) is 4.98. The van der Waals surface area contributed by atoms with Crippen LogP contribution < -0.4 is 5.32 Å². The minimum Gasteiger partial charge on any atom is -0.350 e. The van der Waals surface area contributed by atoms with Gasteiger partial charge in [0.15, 0.2) is 0 Å². The number of amides is 3. The molecule has 3 rings (SSSR count). The van der Waals surface area contributed by atoms with E-state index in [2.05, 4.69) is 5.32 Å². The van der Waals surface area contributed by atoms with Crippen LogP contribution >= 0.6 is 11.8 Å². The quantitative estimate of drug-likeness (QED) is 0.738. The molecule has 2 aromatic carbocycles. The van der Waals surface area contributed by atoms with E-state index < -0.39 is 34.4 Å². The van der Waals surface area contributed by atoms with Crippen molar-refractivity contribution in [3.8, 4) is 0 Å². The molecular formula is C20H15F3N2O3S. The van der Waals surface area contributed by atoms with Gasteiger partial charge in [0.05, 0.1) is 16.0 Å². The summed E-state index contributed by atoms with van der Waals surface area (Å²) in [6, 6.07) is 13.4. The molecule has 150 valence electrons. The first kappa shape index (κ1) is 20.7. The van der Waals surface area contributed by atoms with Gasteiger partial charge in [0.25, 0.3) is 17.1 Å². The first-order valence-corrected chi connectivity index (χ1v) is 9.34. The standard InChI is InChI=1S/C20H15F3N2O3S/c21-20(22,23)15-9-5-4-8-14(15)17(26)24-10-11-25-18(27)16(29-19(25)28)12-13-6-2-1-3-7-13/h1-9,12H,10-11H2,(H,24,26). The third-order valence-electron chi connectivity index (χ3n) is 4.07. The zero-order valence-electron chi connectivity index (χ0n) is 14.9. The lowest BCUT2D eigenvalue weighted by Crippen LogP contribution is -2.37. The zero-order valence-corrected chi connectivity index (χ0v) is 15.7. The van der Waals surface area contributed by atoms with E-state index in [-0.39, 0.29) is 18.0 Å². The molecule has 1 fully saturated rings. The highest BCUT2D eigenvalue weighted by Gasteiger charge is 2.36. The number of nitrogens with zero attached hydrogens (tertiary/aromatic N) is 1. The monoisotopic (exact) mass is 420 g/mol. The lowest BCUT2D eigenvalue weighted by atomic mass is 10.1. The highest BCUT2D eigenvalue weighted by Crippen LogP contribution is 2.33. The van der Waals surface area contributed by atoms with Crippen molar-refractivity contribution in [1.82, 2.24) is 10.2 Å². The van der Waals surface area contributed by atoms with Gasteiger partial charge in [-0.15, -0.1) is 0 Å². The van der Waals surface area contributed by atoms with Gasteiger partial charge in [-0.25, -0.2) is 0 Å². The Kier molecular flexibility index (Phi) is 6.07. The summed E-state index contributed by atoms with van der Waals surface area (Å²) in [5.41, 5.74) is -0.803. The first-order chi connectivity index (χ1) is 13.8. The van der Waals surface area contributed by atoms with Crippen LogP contribution in [0.2, 0.25) is 0 Å². The van der Waals surface area contributed by atoms with E-state index in [4.69, 9.17) is 0 Å². The molecule has 0 spiro atoms. The van der Waals surface area contributed by atoms with Crippen LogP contribution in [-0.4, -0.2) is 35.0 Å². The normalized spacial score (nSPS) is 15.8. The van der Waals surface area contributed by atoms with Gasteiger partial charge in [0, 0.05) is 13.1 Å². The van der Waals surface area contributed by atoms with Gasteiger partial charge in [-0.2, -0.15) is 13.2 Å². The lowest BCUT2D eigenvalue weighted by Gasteiger charge is -2.15. The molecule has 1 N–H and O–H groups in total. The van der Waals surface area contributed by atoms with E-state index >= 15 is 0 Å². The molecule has 1 heterocycles. The molecule has 0 aromatic heterocycles. The van der Waals surface area contributed by atoms with Crippen LogP contribution in [0.1, 0.15) is 21.5 Å². The van der Waals surface area contributed by atoms with E-state index in [1.54, 1.807) is 30.3 Å². The molecule has 0 saturated carbocycles. The zero-order chi connectivity index (χ0) is 21.0. The van der Waals surface area contributed by atoms with Gasteiger partial charge in [-0.1, -0.05) is 42.5 Å². The number of carbonyl (C=O) groups excluding carboxylic acids is 3. The highest BCUT2D eigenvalue weighted by atomic mass is 32.2. The number of thioether (sulfide) groups is 1. The number of carbonyl (C=O) groups is 3. The predicted octanol–water partition coefficient (Wildman–Crippen LogP) is 4.17. The Bertz CT molecular complexity index is 974. The number of hydrogen-bond donors (Lipinski definition) is 1. The minimum atomic E-state index is -4.66. The molecule has 0 radical (unpaired) electrons. The minimum absolute atomic E-state index is 0.142. The Morgan fingerprint density at radius 2 is 1.69 bits per heavy atom. The summed E-state index contributed by atoms with van der Waals surface area (Å²) in [5, 5.41) is 1.83. The smallest absolute Gasteiger partial charge is 0.350 e. The van der Waals surface area contributed by atoms with Crippen molar-refractivity contribution in [2.24, 2.45) is 0 Å². The number of rotatable bonds is 5. The van der Waals surface area contributed by atoms with Crippen molar-refractivity contribution in [1.29, 1.82) is 0 Å². The van der Waals surface area contributed by atoms with Crippen LogP contribution in [0.15, 0.2) is 59.5 Å². The van der Waals surface area contributed by atoms with E-state index in [9.17, 15) is 27.6 Å². The van der Waals surface area contributed by atoms with Crippen LogP contribution in [0.4, 0.5) is 18.0 Å². The molecule has 1 saturated heterocycles. The summed E-state index contributed by atoms with van der Waals surface area (Å²) in [6.45, 7) is -0.307. The summed E-state index contributed by atoms with van der Waals surface area (Å²) < 4.78 is 39.0. The summed E-state index contributed by atoms with van der Waals surface area (Å²) in [4.78, 5) is 37.8. The number of hydrogen-bond acceptors (Lipinski definition) is 4. The van der Waals surface area contributed by atoms with Gasteiger partial charge in [0.1, 0.15) is 0 Å². The van der Waals surface area contributed by atoms with E-state index in [1.165, 1.54) is 12.1 Å². The number of alkyl halides is 3. The van der Waals surface area contributed by atoms with Crippen molar-refractivity contribution in [2.45, 2.75) is 6.18 Å². The van der Waals surface area contributed by atoms with Gasteiger partial charge in [-0.3, -0.25) is 19.3 Å². The van der Waals surface area contributed by atoms with Crippen molar-refractivity contribution >= 4 is 34.9 Å². The maximum atomic E-state index is 13.0. The van der Waals surface area contributed by atoms with Crippen molar-refractivity contribution in [2.75, 3.05) is 13.1 Å². The molecule has 29 heavy (non-hydrogen) atoms. The van der Waals surface area contributed by atoms with Gasteiger partial charge in [0.2, 0.25) is 0 Å². The van der Waals surface area contributed by atoms with Gasteiger partial charge in [-0.05, 0) is 35.5 Å². The summed E-state index contributed by atoms with van der Waals surface area (Å²) in [7, 11) is 0. The second-order valence-electron chi connectivity index (χ2n) is 6.04. The lowest BCUT2D eigenvalue weighted by molar-refractivity contribution is -0.138. The fraction of sp³-hybridized carbons (Fsp3) is 0.150. The van der Waals surface area contributed by atoms with Crippen LogP contribution in [0.25, 0.3) is 6.08 Å². The molecule has 3 amide bonds. The van der Waals surface area contributed by atoms with Crippen molar-refractivity contribution < 1.29 is 27.6 Å².